The minimum atomic E-state index is -0.500. The number of hydrogen-bond acceptors (Lipinski definition) is 4. The van der Waals surface area contributed by atoms with E-state index >= 15 is 0 Å². The SMILES string of the molecule is CCCCC(NC(=O)C1CCC(N)C1)C(=O)Nc1cccc(N2CCCC2)c1. The maximum atomic E-state index is 12.9. The van der Waals surface area contributed by atoms with Gasteiger partial charge in [-0.15, -0.1) is 0 Å². The number of anilines is 2. The number of benzene rings is 1. The topological polar surface area (TPSA) is 87.5 Å². The van der Waals surface area contributed by atoms with Crippen LogP contribution < -0.4 is 21.3 Å². The molecule has 0 bridgehead atoms. The van der Waals surface area contributed by atoms with Gasteiger partial charge in [-0.2, -0.15) is 0 Å². The molecule has 3 rings (SSSR count). The number of amides is 2. The van der Waals surface area contributed by atoms with Gasteiger partial charge in [0.05, 0.1) is 0 Å². The van der Waals surface area contributed by atoms with Crippen molar-refractivity contribution in [3.8, 4) is 0 Å². The molecule has 1 aliphatic heterocycles. The molecule has 3 unspecified atom stereocenters. The molecule has 1 aromatic rings. The number of rotatable bonds is 8. The highest BCUT2D eigenvalue weighted by molar-refractivity contribution is 5.97. The molecule has 28 heavy (non-hydrogen) atoms. The highest BCUT2D eigenvalue weighted by Gasteiger charge is 2.30. The Hall–Kier alpha value is -2.08. The van der Waals surface area contributed by atoms with E-state index in [1.54, 1.807) is 0 Å². The highest BCUT2D eigenvalue weighted by Crippen LogP contribution is 2.25. The summed E-state index contributed by atoms with van der Waals surface area (Å²) < 4.78 is 0. The predicted octanol–water partition coefficient (Wildman–Crippen LogP) is 3.03. The summed E-state index contributed by atoms with van der Waals surface area (Å²) in [6.07, 6.45) is 7.37. The first-order chi connectivity index (χ1) is 13.6. The van der Waals surface area contributed by atoms with Crippen molar-refractivity contribution in [1.82, 2.24) is 5.32 Å². The lowest BCUT2D eigenvalue weighted by Gasteiger charge is -2.22. The molecule has 2 fully saturated rings. The number of nitrogens with one attached hydrogen (secondary N) is 2. The van der Waals surface area contributed by atoms with Crippen molar-refractivity contribution in [2.24, 2.45) is 11.7 Å². The average molecular weight is 387 g/mol. The number of hydrogen-bond donors (Lipinski definition) is 3. The van der Waals surface area contributed by atoms with E-state index in [9.17, 15) is 9.59 Å². The van der Waals surface area contributed by atoms with Gasteiger partial charge in [0.25, 0.3) is 0 Å². The Bertz CT molecular complexity index is 672. The Morgan fingerprint density at radius 1 is 1.25 bits per heavy atom. The normalized spacial score (nSPS) is 22.9. The molecule has 154 valence electrons. The zero-order valence-electron chi connectivity index (χ0n) is 17.0. The lowest BCUT2D eigenvalue weighted by molar-refractivity contribution is -0.129. The molecule has 2 aliphatic rings. The Labute approximate surface area is 168 Å². The number of nitrogens with two attached hydrogens (primary N) is 1. The van der Waals surface area contributed by atoms with Crippen LogP contribution in [0.5, 0.6) is 0 Å². The molecule has 1 saturated heterocycles. The molecule has 1 aliphatic carbocycles. The van der Waals surface area contributed by atoms with Crippen LogP contribution in [0, 0.1) is 5.92 Å². The van der Waals surface area contributed by atoms with Crippen LogP contribution in [0.3, 0.4) is 0 Å². The lowest BCUT2D eigenvalue weighted by Crippen LogP contribution is -2.46. The minimum absolute atomic E-state index is 0.0324. The second kappa shape index (κ2) is 9.92. The summed E-state index contributed by atoms with van der Waals surface area (Å²) in [4.78, 5) is 27.8. The second-order valence-electron chi connectivity index (χ2n) is 8.21. The van der Waals surface area contributed by atoms with E-state index < -0.39 is 6.04 Å². The van der Waals surface area contributed by atoms with Crippen molar-refractivity contribution < 1.29 is 9.59 Å². The van der Waals surface area contributed by atoms with E-state index in [1.807, 2.05) is 18.2 Å². The van der Waals surface area contributed by atoms with E-state index in [2.05, 4.69) is 28.5 Å². The molecule has 1 heterocycles. The van der Waals surface area contributed by atoms with Crippen molar-refractivity contribution in [2.45, 2.75) is 70.4 Å². The van der Waals surface area contributed by atoms with Gasteiger partial charge < -0.3 is 21.3 Å². The van der Waals surface area contributed by atoms with Gasteiger partial charge in [0.2, 0.25) is 11.8 Å². The monoisotopic (exact) mass is 386 g/mol. The fraction of sp³-hybridized carbons (Fsp3) is 0.636. The van der Waals surface area contributed by atoms with Gasteiger partial charge in [-0.1, -0.05) is 25.8 Å². The molecule has 0 spiro atoms. The summed E-state index contributed by atoms with van der Waals surface area (Å²) in [7, 11) is 0. The quantitative estimate of drug-likeness (QED) is 0.641. The van der Waals surface area contributed by atoms with Crippen LogP contribution in [0.4, 0.5) is 11.4 Å². The molecule has 1 aromatic carbocycles. The van der Waals surface area contributed by atoms with E-state index in [0.717, 1.165) is 50.1 Å². The van der Waals surface area contributed by atoms with E-state index in [1.165, 1.54) is 12.8 Å². The summed E-state index contributed by atoms with van der Waals surface area (Å²) in [5, 5.41) is 6.00. The molecular formula is C22H34N4O2. The van der Waals surface area contributed by atoms with Crippen LogP contribution in [-0.2, 0) is 9.59 Å². The predicted molar refractivity (Wildman–Crippen MR) is 113 cm³/mol. The van der Waals surface area contributed by atoms with Crippen LogP contribution in [0.25, 0.3) is 0 Å². The lowest BCUT2D eigenvalue weighted by atomic mass is 10.0. The third kappa shape index (κ3) is 5.47. The third-order valence-electron chi connectivity index (χ3n) is 5.91. The van der Waals surface area contributed by atoms with Gasteiger partial charge in [-0.3, -0.25) is 9.59 Å². The van der Waals surface area contributed by atoms with Crippen molar-refractivity contribution in [1.29, 1.82) is 0 Å². The van der Waals surface area contributed by atoms with Crippen LogP contribution >= 0.6 is 0 Å². The minimum Gasteiger partial charge on any atom is -0.371 e. The highest BCUT2D eigenvalue weighted by atomic mass is 16.2. The van der Waals surface area contributed by atoms with Gasteiger partial charge in [-0.05, 0) is 56.7 Å². The Balaban J connectivity index is 1.62. The molecule has 0 radical (unpaired) electrons. The fourth-order valence-corrected chi connectivity index (χ4v) is 4.21. The zero-order valence-corrected chi connectivity index (χ0v) is 17.0. The number of carbonyl (C=O) groups is 2. The van der Waals surface area contributed by atoms with Crippen LogP contribution in [0.2, 0.25) is 0 Å². The van der Waals surface area contributed by atoms with Gasteiger partial charge in [0.15, 0.2) is 0 Å². The Morgan fingerprint density at radius 3 is 2.71 bits per heavy atom. The van der Waals surface area contributed by atoms with Gasteiger partial charge >= 0.3 is 0 Å². The van der Waals surface area contributed by atoms with Crippen LogP contribution in [0.1, 0.15) is 58.3 Å². The fourth-order valence-electron chi connectivity index (χ4n) is 4.21. The largest absolute Gasteiger partial charge is 0.371 e. The molecule has 3 atom stereocenters. The first-order valence-corrected chi connectivity index (χ1v) is 10.8. The average Bonchev–Trinajstić information content (AvgIpc) is 3.37. The Morgan fingerprint density at radius 2 is 2.04 bits per heavy atom. The van der Waals surface area contributed by atoms with Crippen molar-refractivity contribution in [3.05, 3.63) is 24.3 Å². The molecular weight excluding hydrogens is 352 g/mol. The molecule has 0 aromatic heterocycles. The molecule has 4 N–H and O–H groups in total. The first-order valence-electron chi connectivity index (χ1n) is 10.8. The van der Waals surface area contributed by atoms with Gasteiger partial charge in [-0.25, -0.2) is 0 Å². The van der Waals surface area contributed by atoms with Gasteiger partial charge in [0.1, 0.15) is 6.04 Å². The van der Waals surface area contributed by atoms with Crippen molar-refractivity contribution in [2.75, 3.05) is 23.3 Å². The Kier molecular flexibility index (Phi) is 7.31. The molecule has 2 amide bonds. The second-order valence-corrected chi connectivity index (χ2v) is 8.21. The summed E-state index contributed by atoms with van der Waals surface area (Å²) in [5.41, 5.74) is 7.87. The molecule has 6 heteroatoms. The van der Waals surface area contributed by atoms with E-state index in [0.29, 0.717) is 12.8 Å². The van der Waals surface area contributed by atoms with Crippen LogP contribution in [-0.4, -0.2) is 37.0 Å². The number of unbranched alkanes of at least 4 members (excludes halogenated alkanes) is 1. The van der Waals surface area contributed by atoms with Crippen LogP contribution in [0.15, 0.2) is 24.3 Å². The maximum absolute atomic E-state index is 12.9. The standard InChI is InChI=1S/C22H34N4O2/c1-2-3-9-20(25-21(27)16-10-11-17(23)14-16)22(28)24-18-7-6-8-19(15-18)26-12-4-5-13-26/h6-8,15-17,20H,2-5,9-14,23H2,1H3,(H,24,28)(H,25,27). The summed E-state index contributed by atoms with van der Waals surface area (Å²) in [6, 6.07) is 7.60. The van der Waals surface area contributed by atoms with E-state index in [-0.39, 0.29) is 23.8 Å². The summed E-state index contributed by atoms with van der Waals surface area (Å²) in [6.45, 7) is 4.22. The van der Waals surface area contributed by atoms with Crippen molar-refractivity contribution >= 4 is 23.2 Å². The molecule has 1 saturated carbocycles. The zero-order chi connectivity index (χ0) is 19.9. The molecule has 6 nitrogen and oxygen atoms in total. The number of carbonyl (C=O) groups excluding carboxylic acids is 2. The van der Waals surface area contributed by atoms with E-state index in [4.69, 9.17) is 5.73 Å². The summed E-state index contributed by atoms with van der Waals surface area (Å²) in [5.74, 6) is -0.233. The smallest absolute Gasteiger partial charge is 0.246 e. The first kappa shape index (κ1) is 20.6. The summed E-state index contributed by atoms with van der Waals surface area (Å²) >= 11 is 0. The van der Waals surface area contributed by atoms with Gasteiger partial charge in [0, 0.05) is 36.4 Å². The third-order valence-corrected chi connectivity index (χ3v) is 5.91. The van der Waals surface area contributed by atoms with Crippen molar-refractivity contribution in [3.63, 3.8) is 0 Å². The number of nitrogens with zero attached hydrogens (tertiary/aromatic N) is 1. The maximum Gasteiger partial charge on any atom is 0.246 e.